The zero-order valence-electron chi connectivity index (χ0n) is 18.9. The van der Waals surface area contributed by atoms with E-state index < -0.39 is 0 Å². The van der Waals surface area contributed by atoms with E-state index in [1.54, 1.807) is 21.3 Å². The van der Waals surface area contributed by atoms with Crippen molar-refractivity contribution in [1.82, 2.24) is 14.9 Å². The smallest absolute Gasteiger partial charge is 0.203 e. The first-order valence-corrected chi connectivity index (χ1v) is 10.5. The molecule has 0 N–H and O–H groups in total. The van der Waals surface area contributed by atoms with E-state index in [2.05, 4.69) is 15.9 Å². The minimum Gasteiger partial charge on any atom is -0.493 e. The van der Waals surface area contributed by atoms with Gasteiger partial charge in [0.2, 0.25) is 5.75 Å². The van der Waals surface area contributed by atoms with Crippen LogP contribution in [0.2, 0.25) is 0 Å². The highest BCUT2D eigenvalue weighted by Crippen LogP contribution is 2.42. The number of aromatic nitrogens is 2. The fourth-order valence-electron chi connectivity index (χ4n) is 3.30. The first-order chi connectivity index (χ1) is 14.8. The lowest BCUT2D eigenvalue weighted by atomic mass is 10.1. The maximum Gasteiger partial charge on any atom is 0.203 e. The average molecular weight is 442 g/mol. The maximum atomic E-state index is 9.55. The average Bonchev–Trinajstić information content (AvgIpc) is 3.11. The second kappa shape index (κ2) is 9.37. The summed E-state index contributed by atoms with van der Waals surface area (Å²) in [6.45, 7) is 3.60. The Morgan fingerprint density at radius 2 is 1.65 bits per heavy atom. The van der Waals surface area contributed by atoms with Gasteiger partial charge in [-0.15, -0.1) is 11.3 Å². The lowest BCUT2D eigenvalue weighted by Gasteiger charge is -2.22. The van der Waals surface area contributed by atoms with Crippen LogP contribution in [0.4, 0.5) is 5.82 Å². The number of anilines is 1. The molecule has 3 rings (SSSR count). The number of hydrogen-bond donors (Lipinski definition) is 0. The van der Waals surface area contributed by atoms with Gasteiger partial charge in [-0.1, -0.05) is 0 Å². The van der Waals surface area contributed by atoms with Crippen molar-refractivity contribution in [1.29, 1.82) is 5.26 Å². The largest absolute Gasteiger partial charge is 0.493 e. The SMILES string of the molecule is COc1cc(-c2nc(N(C)CCN(C)C)c3c(C)c(C#N)sc3n2)cc(OC)c1OC. The van der Waals surface area contributed by atoms with Gasteiger partial charge in [-0.3, -0.25) is 0 Å². The van der Waals surface area contributed by atoms with E-state index in [1.807, 2.05) is 40.2 Å². The molecule has 164 valence electrons. The number of aryl methyl sites for hydroxylation is 1. The third-order valence-electron chi connectivity index (χ3n) is 5.04. The Morgan fingerprint density at radius 1 is 1.00 bits per heavy atom. The molecule has 9 heteroatoms. The molecule has 0 saturated carbocycles. The highest BCUT2D eigenvalue weighted by Gasteiger charge is 2.21. The Morgan fingerprint density at radius 3 is 2.16 bits per heavy atom. The molecule has 0 atom stereocenters. The molecule has 0 saturated heterocycles. The van der Waals surface area contributed by atoms with Crippen LogP contribution in [0.5, 0.6) is 17.2 Å². The van der Waals surface area contributed by atoms with Gasteiger partial charge in [-0.2, -0.15) is 5.26 Å². The van der Waals surface area contributed by atoms with Crippen LogP contribution in [0.15, 0.2) is 12.1 Å². The van der Waals surface area contributed by atoms with Crippen molar-refractivity contribution < 1.29 is 14.2 Å². The Hall–Kier alpha value is -3.09. The summed E-state index contributed by atoms with van der Waals surface area (Å²) in [6.07, 6.45) is 0. The topological polar surface area (TPSA) is 83.7 Å². The van der Waals surface area contributed by atoms with Crippen molar-refractivity contribution in [3.05, 3.63) is 22.6 Å². The Bertz CT molecular complexity index is 1110. The van der Waals surface area contributed by atoms with Gasteiger partial charge < -0.3 is 24.0 Å². The normalized spacial score (nSPS) is 10.9. The lowest BCUT2D eigenvalue weighted by molar-refractivity contribution is 0.324. The quantitative estimate of drug-likeness (QED) is 0.525. The summed E-state index contributed by atoms with van der Waals surface area (Å²) in [4.78, 5) is 15.3. The standard InChI is InChI=1S/C22H27N5O3S/c1-13-17(12-23)31-22-18(13)21(27(4)9-8-26(2)3)24-20(25-22)14-10-15(28-5)19(30-7)16(11-14)29-6/h10-11H,8-9H2,1-7H3. The highest BCUT2D eigenvalue weighted by molar-refractivity contribution is 7.19. The molecule has 0 aliphatic heterocycles. The van der Waals surface area contributed by atoms with E-state index in [0.29, 0.717) is 28.0 Å². The van der Waals surface area contributed by atoms with Crippen LogP contribution in [0, 0.1) is 18.3 Å². The van der Waals surface area contributed by atoms with Gasteiger partial charge in [-0.05, 0) is 38.7 Å². The van der Waals surface area contributed by atoms with Crippen LogP contribution < -0.4 is 19.1 Å². The van der Waals surface area contributed by atoms with E-state index in [0.717, 1.165) is 40.3 Å². The van der Waals surface area contributed by atoms with Gasteiger partial charge in [0, 0.05) is 25.7 Å². The van der Waals surface area contributed by atoms with E-state index >= 15 is 0 Å². The summed E-state index contributed by atoms with van der Waals surface area (Å²) in [5.74, 6) is 2.90. The Labute approximate surface area is 186 Å². The van der Waals surface area contributed by atoms with Crippen molar-refractivity contribution >= 4 is 27.4 Å². The van der Waals surface area contributed by atoms with Crippen molar-refractivity contribution in [2.24, 2.45) is 0 Å². The van der Waals surface area contributed by atoms with Crippen LogP contribution in [0.3, 0.4) is 0 Å². The molecule has 8 nitrogen and oxygen atoms in total. The molecular weight excluding hydrogens is 414 g/mol. The van der Waals surface area contributed by atoms with Crippen LogP contribution in [-0.2, 0) is 0 Å². The second-order valence-corrected chi connectivity index (χ2v) is 8.36. The molecule has 0 bridgehead atoms. The number of benzene rings is 1. The minimum absolute atomic E-state index is 0.511. The minimum atomic E-state index is 0.511. The van der Waals surface area contributed by atoms with Crippen LogP contribution >= 0.6 is 11.3 Å². The van der Waals surface area contributed by atoms with Crippen LogP contribution in [0.25, 0.3) is 21.6 Å². The molecule has 2 heterocycles. The molecular formula is C22H27N5O3S. The molecule has 0 spiro atoms. The van der Waals surface area contributed by atoms with E-state index in [9.17, 15) is 5.26 Å². The number of nitrogens with zero attached hydrogens (tertiary/aromatic N) is 5. The predicted molar refractivity (Wildman–Crippen MR) is 124 cm³/mol. The number of hydrogen-bond acceptors (Lipinski definition) is 9. The van der Waals surface area contributed by atoms with Gasteiger partial charge in [0.25, 0.3) is 0 Å². The number of likely N-dealkylation sites (N-methyl/N-ethyl adjacent to an activating group) is 2. The number of rotatable bonds is 8. The Balaban J connectivity index is 2.24. The molecule has 1 aromatic carbocycles. The van der Waals surface area contributed by atoms with Gasteiger partial charge in [0.05, 0.1) is 26.7 Å². The summed E-state index contributed by atoms with van der Waals surface area (Å²) in [7, 11) is 10.8. The fraction of sp³-hybridized carbons (Fsp3) is 0.409. The van der Waals surface area contributed by atoms with Crippen molar-refractivity contribution in [2.45, 2.75) is 6.92 Å². The number of fused-ring (bicyclic) bond motifs is 1. The summed E-state index contributed by atoms with van der Waals surface area (Å²) in [5, 5.41) is 10.5. The van der Waals surface area contributed by atoms with E-state index in [1.165, 1.54) is 11.3 Å². The molecule has 2 aromatic heterocycles. The van der Waals surface area contributed by atoms with E-state index in [-0.39, 0.29) is 0 Å². The summed E-state index contributed by atoms with van der Waals surface area (Å²) >= 11 is 1.38. The zero-order valence-corrected chi connectivity index (χ0v) is 19.8. The fourth-order valence-corrected chi connectivity index (χ4v) is 4.27. The second-order valence-electron chi connectivity index (χ2n) is 7.36. The zero-order chi connectivity index (χ0) is 22.7. The third-order valence-corrected chi connectivity index (χ3v) is 6.13. The number of ether oxygens (including phenoxy) is 3. The number of thiophene rings is 1. The monoisotopic (exact) mass is 441 g/mol. The van der Waals surface area contributed by atoms with Crippen molar-refractivity contribution in [3.63, 3.8) is 0 Å². The van der Waals surface area contributed by atoms with Gasteiger partial charge in [-0.25, -0.2) is 9.97 Å². The van der Waals surface area contributed by atoms with Crippen molar-refractivity contribution in [3.8, 4) is 34.7 Å². The summed E-state index contributed by atoms with van der Waals surface area (Å²) < 4.78 is 16.4. The highest BCUT2D eigenvalue weighted by atomic mass is 32.1. The van der Waals surface area contributed by atoms with Crippen LogP contribution in [0.1, 0.15) is 10.4 Å². The van der Waals surface area contributed by atoms with Crippen LogP contribution in [-0.4, -0.2) is 70.4 Å². The summed E-state index contributed by atoms with van der Waals surface area (Å²) in [5.41, 5.74) is 1.65. The van der Waals surface area contributed by atoms with Gasteiger partial charge in [0.15, 0.2) is 17.3 Å². The molecule has 3 aromatic rings. The van der Waals surface area contributed by atoms with Crippen molar-refractivity contribution in [2.75, 3.05) is 60.5 Å². The maximum absolute atomic E-state index is 9.55. The molecule has 31 heavy (non-hydrogen) atoms. The summed E-state index contributed by atoms with van der Waals surface area (Å²) in [6, 6.07) is 5.94. The molecule has 0 radical (unpaired) electrons. The first-order valence-electron chi connectivity index (χ1n) is 9.72. The predicted octanol–water partition coefficient (Wildman–Crippen LogP) is 3.56. The van der Waals surface area contributed by atoms with Gasteiger partial charge in [0.1, 0.15) is 21.6 Å². The third kappa shape index (κ3) is 4.36. The number of nitriles is 1. The Kier molecular flexibility index (Phi) is 6.83. The molecule has 0 fully saturated rings. The lowest BCUT2D eigenvalue weighted by Crippen LogP contribution is -2.29. The molecule has 0 aliphatic carbocycles. The van der Waals surface area contributed by atoms with E-state index in [4.69, 9.17) is 24.2 Å². The number of methoxy groups -OCH3 is 3. The molecule has 0 unspecified atom stereocenters. The first kappa shape index (κ1) is 22.6. The molecule has 0 amide bonds. The molecule has 0 aliphatic rings. The van der Waals surface area contributed by atoms with Gasteiger partial charge >= 0.3 is 0 Å².